The first-order valence-corrected chi connectivity index (χ1v) is 37.6. The van der Waals surface area contributed by atoms with Crippen LogP contribution in [0.2, 0.25) is 0 Å². The highest BCUT2D eigenvalue weighted by Crippen LogP contribution is 2.58. The van der Waals surface area contributed by atoms with Gasteiger partial charge in [0.05, 0.1) is 13.2 Å². The van der Waals surface area contributed by atoms with Gasteiger partial charge < -0.3 is 9.47 Å². The topological polar surface area (TPSA) is 18.5 Å². The Morgan fingerprint density at radius 1 is 0.207 bits per heavy atom. The van der Waals surface area contributed by atoms with Crippen LogP contribution in [0.25, 0.3) is 77.9 Å². The second-order valence-corrected chi connectivity index (χ2v) is 27.9. The van der Waals surface area contributed by atoms with E-state index in [1.807, 2.05) is 0 Å². The molecule has 0 aromatic heterocycles. The molecule has 0 heterocycles. The summed E-state index contributed by atoms with van der Waals surface area (Å²) < 4.78 is 12.3. The average Bonchev–Trinajstić information content (AvgIpc) is 1.57. The van der Waals surface area contributed by atoms with Crippen molar-refractivity contribution in [3.8, 4) is 89.4 Å². The third kappa shape index (κ3) is 16.8. The monoisotopic (exact) mass is 1230 g/mol. The molecule has 0 unspecified atom stereocenters. The number of ether oxygens (including phenoxy) is 2. The molecule has 486 valence electrons. The number of unbranched alkanes of at least 4 members (excludes halogenated alkanes) is 22. The van der Waals surface area contributed by atoms with Gasteiger partial charge >= 0.3 is 0 Å². The lowest BCUT2D eigenvalue weighted by atomic mass is 9.69. The van der Waals surface area contributed by atoms with Crippen LogP contribution < -0.4 is 9.47 Å². The Balaban J connectivity index is 0.954. The van der Waals surface area contributed by atoms with Crippen molar-refractivity contribution in [1.82, 2.24) is 0 Å². The molecule has 2 heteroatoms. The molecule has 0 radical (unpaired) electrons. The van der Waals surface area contributed by atoms with Gasteiger partial charge in [-0.15, -0.1) is 0 Å². The minimum absolute atomic E-state index is 0.0485. The molecule has 0 saturated carbocycles. The lowest BCUT2D eigenvalue weighted by Gasteiger charge is -2.34. The molecule has 8 aromatic carbocycles. The summed E-state index contributed by atoms with van der Waals surface area (Å²) in [6.07, 6.45) is 40.4. The van der Waals surface area contributed by atoms with Gasteiger partial charge in [-0.05, 0) is 187 Å². The summed E-state index contributed by atoms with van der Waals surface area (Å²) in [6, 6.07) is 66.8. The Kier molecular flexibility index (Phi) is 26.0. The second-order valence-electron chi connectivity index (χ2n) is 27.9. The standard InChI is InChI=1S/C90H114O2/c1-7-13-19-25-27-33-63-91-79-51-43-71(44-52-79)69-35-39-73(40-36-69)75-47-55-81-83-57-49-77(67-87(83)89(85(81)65-75,59-29-21-15-9-3)60-30-22-16-10-4)78-50-58-84-82-56-48-76(66-86(82)90(88(84)68-78,61-31-23-17-11-5)62-32-24-18-12-6)74-41-37-70(38-42-74)72-45-53-80(54-46-72)92-64-34-28-26-20-14-8-2/h35-58,65-68H,7-34,59-64H2,1-6H3. The summed E-state index contributed by atoms with van der Waals surface area (Å²) in [4.78, 5) is 0. The van der Waals surface area contributed by atoms with Gasteiger partial charge in [-0.25, -0.2) is 0 Å². The summed E-state index contributed by atoms with van der Waals surface area (Å²) in [6.45, 7) is 15.6. The minimum Gasteiger partial charge on any atom is -0.494 e. The minimum atomic E-state index is -0.0485. The van der Waals surface area contributed by atoms with E-state index >= 15 is 0 Å². The van der Waals surface area contributed by atoms with E-state index in [0.29, 0.717) is 0 Å². The molecule has 0 aliphatic heterocycles. The summed E-state index contributed by atoms with van der Waals surface area (Å²) >= 11 is 0. The number of benzene rings is 8. The molecular weight excluding hydrogens is 1110 g/mol. The van der Waals surface area contributed by atoms with Gasteiger partial charge in [0, 0.05) is 10.8 Å². The largest absolute Gasteiger partial charge is 0.494 e. The van der Waals surface area contributed by atoms with E-state index in [4.69, 9.17) is 9.47 Å². The first-order chi connectivity index (χ1) is 45.4. The van der Waals surface area contributed by atoms with E-state index in [0.717, 1.165) is 37.6 Å². The van der Waals surface area contributed by atoms with Crippen LogP contribution in [0.4, 0.5) is 0 Å². The summed E-state index contributed by atoms with van der Waals surface area (Å²) in [7, 11) is 0. The van der Waals surface area contributed by atoms with Crippen LogP contribution in [-0.4, -0.2) is 13.2 Å². The number of fused-ring (bicyclic) bond motifs is 6. The van der Waals surface area contributed by atoms with E-state index in [2.05, 4.69) is 211 Å². The summed E-state index contributed by atoms with van der Waals surface area (Å²) in [5.74, 6) is 1.94. The molecule has 0 fully saturated rings. The van der Waals surface area contributed by atoms with Crippen LogP contribution in [0.5, 0.6) is 11.5 Å². The second kappa shape index (κ2) is 35.0. The van der Waals surface area contributed by atoms with Crippen molar-refractivity contribution in [3.63, 3.8) is 0 Å². The molecule has 10 rings (SSSR count). The number of rotatable bonds is 41. The zero-order valence-corrected chi connectivity index (χ0v) is 58.0. The van der Waals surface area contributed by atoms with Crippen molar-refractivity contribution < 1.29 is 9.47 Å². The molecule has 2 aliphatic carbocycles. The van der Waals surface area contributed by atoms with Crippen LogP contribution in [0, 0.1) is 0 Å². The fourth-order valence-electron chi connectivity index (χ4n) is 15.8. The fourth-order valence-corrected chi connectivity index (χ4v) is 15.8. The molecule has 92 heavy (non-hydrogen) atoms. The Bertz CT molecular complexity index is 3230. The molecule has 0 bridgehead atoms. The zero-order valence-electron chi connectivity index (χ0n) is 58.0. The first kappa shape index (κ1) is 68.2. The van der Waals surface area contributed by atoms with Crippen molar-refractivity contribution >= 4 is 0 Å². The van der Waals surface area contributed by atoms with E-state index in [9.17, 15) is 0 Å². The first-order valence-electron chi connectivity index (χ1n) is 37.6. The van der Waals surface area contributed by atoms with E-state index < -0.39 is 0 Å². The van der Waals surface area contributed by atoms with E-state index in [1.54, 1.807) is 22.3 Å². The molecule has 0 spiro atoms. The fraction of sp³-hybridized carbons (Fsp3) is 0.467. The Morgan fingerprint density at radius 2 is 0.402 bits per heavy atom. The van der Waals surface area contributed by atoms with Gasteiger partial charge in [-0.2, -0.15) is 0 Å². The summed E-state index contributed by atoms with van der Waals surface area (Å²) in [5, 5.41) is 0. The molecule has 0 atom stereocenters. The van der Waals surface area contributed by atoms with Crippen molar-refractivity contribution in [1.29, 1.82) is 0 Å². The Labute approximate surface area is 558 Å². The van der Waals surface area contributed by atoms with Crippen LogP contribution in [0.3, 0.4) is 0 Å². The quantitative estimate of drug-likeness (QED) is 0.0356. The van der Waals surface area contributed by atoms with E-state index in [-0.39, 0.29) is 10.8 Å². The lowest BCUT2D eigenvalue weighted by Crippen LogP contribution is -2.26. The molecule has 2 aliphatic rings. The average molecular weight is 1230 g/mol. The van der Waals surface area contributed by atoms with Gasteiger partial charge in [0.15, 0.2) is 0 Å². The molecule has 0 N–H and O–H groups in total. The highest BCUT2D eigenvalue weighted by molar-refractivity contribution is 5.89. The van der Waals surface area contributed by atoms with Crippen LogP contribution in [0.1, 0.15) is 269 Å². The van der Waals surface area contributed by atoms with Crippen LogP contribution in [0.15, 0.2) is 170 Å². The highest BCUT2D eigenvalue weighted by Gasteiger charge is 2.45. The molecule has 0 amide bonds. The maximum Gasteiger partial charge on any atom is 0.119 e. The van der Waals surface area contributed by atoms with Gasteiger partial charge in [-0.1, -0.05) is 330 Å². The Hall–Kier alpha value is -6.64. The van der Waals surface area contributed by atoms with E-state index in [1.165, 1.54) is 271 Å². The van der Waals surface area contributed by atoms with Crippen molar-refractivity contribution in [3.05, 3.63) is 192 Å². The third-order valence-electron chi connectivity index (χ3n) is 21.2. The third-order valence-corrected chi connectivity index (χ3v) is 21.2. The highest BCUT2D eigenvalue weighted by atomic mass is 16.5. The van der Waals surface area contributed by atoms with Gasteiger partial charge in [0.1, 0.15) is 11.5 Å². The van der Waals surface area contributed by atoms with Gasteiger partial charge in [0.25, 0.3) is 0 Å². The molecule has 0 saturated heterocycles. The van der Waals surface area contributed by atoms with Gasteiger partial charge in [0.2, 0.25) is 0 Å². The maximum atomic E-state index is 6.17. The number of hydrogen-bond acceptors (Lipinski definition) is 2. The van der Waals surface area contributed by atoms with Gasteiger partial charge in [-0.3, -0.25) is 0 Å². The predicted octanol–water partition coefficient (Wildman–Crippen LogP) is 27.9. The number of hydrogen-bond donors (Lipinski definition) is 0. The summed E-state index contributed by atoms with van der Waals surface area (Å²) in [5.41, 5.74) is 24.9. The normalized spacial score (nSPS) is 13.2. The van der Waals surface area contributed by atoms with Crippen molar-refractivity contribution in [2.45, 2.75) is 258 Å². The van der Waals surface area contributed by atoms with Crippen LogP contribution >= 0.6 is 0 Å². The maximum absolute atomic E-state index is 6.17. The smallest absolute Gasteiger partial charge is 0.119 e. The molecular formula is C90H114O2. The van der Waals surface area contributed by atoms with Crippen LogP contribution in [-0.2, 0) is 10.8 Å². The molecule has 2 nitrogen and oxygen atoms in total. The lowest BCUT2D eigenvalue weighted by molar-refractivity contribution is 0.304. The Morgan fingerprint density at radius 3 is 0.663 bits per heavy atom. The predicted molar refractivity (Wildman–Crippen MR) is 399 cm³/mol. The van der Waals surface area contributed by atoms with Crippen molar-refractivity contribution in [2.75, 3.05) is 13.2 Å². The zero-order chi connectivity index (χ0) is 63.8. The SMILES string of the molecule is CCCCCCCCOc1ccc(-c2ccc(-c3ccc4c(c3)C(CCCCCC)(CCCCCC)c3cc(-c5ccc6c(c5)C(CCCCCC)(CCCCCC)c5cc(-c7ccc(-c8ccc(OCCCCCCCC)cc8)cc7)ccc5-6)ccc3-4)cc2)cc1. The van der Waals surface area contributed by atoms with Crippen molar-refractivity contribution in [2.24, 2.45) is 0 Å². The molecule has 8 aromatic rings.